The highest BCUT2D eigenvalue weighted by molar-refractivity contribution is 9.10. The summed E-state index contributed by atoms with van der Waals surface area (Å²) >= 11 is 9.65. The minimum Gasteiger partial charge on any atom is -0.355 e. The number of amides is 2. The first-order valence-corrected chi connectivity index (χ1v) is 16.0. The van der Waals surface area contributed by atoms with E-state index in [-0.39, 0.29) is 23.8 Å². The number of anilines is 1. The Balaban J connectivity index is 1.78. The number of nitrogens with one attached hydrogen (secondary N) is 1. The first-order chi connectivity index (χ1) is 20.2. The van der Waals surface area contributed by atoms with E-state index in [1.807, 2.05) is 43.3 Å². The molecule has 42 heavy (non-hydrogen) atoms. The summed E-state index contributed by atoms with van der Waals surface area (Å²) in [7, 11) is -4.14. The van der Waals surface area contributed by atoms with Crippen LogP contribution in [0.15, 0.2) is 119 Å². The minimum absolute atomic E-state index is 0.0478. The second kappa shape index (κ2) is 14.5. The lowest BCUT2D eigenvalue weighted by Gasteiger charge is -2.34. The zero-order chi connectivity index (χ0) is 30.1. The Morgan fingerprint density at radius 3 is 2.10 bits per heavy atom. The first kappa shape index (κ1) is 31.3. The molecule has 0 unspecified atom stereocenters. The molecule has 218 valence electrons. The summed E-state index contributed by atoms with van der Waals surface area (Å²) in [5.41, 5.74) is 1.88. The smallest absolute Gasteiger partial charge is 0.264 e. The molecule has 1 atom stereocenters. The Labute approximate surface area is 260 Å². The van der Waals surface area contributed by atoms with Crippen molar-refractivity contribution in [3.05, 3.63) is 130 Å². The highest BCUT2D eigenvalue weighted by Crippen LogP contribution is 2.26. The molecular formula is C32H31BrClN3O4S. The maximum absolute atomic E-state index is 14.3. The fraction of sp³-hybridized carbons (Fsp3) is 0.188. The monoisotopic (exact) mass is 667 g/mol. The lowest BCUT2D eigenvalue weighted by atomic mass is 10.0. The predicted octanol–water partition coefficient (Wildman–Crippen LogP) is 6.07. The molecular weight excluding hydrogens is 638 g/mol. The molecule has 0 heterocycles. The van der Waals surface area contributed by atoms with Crippen molar-refractivity contribution in [3.8, 4) is 0 Å². The van der Waals surface area contributed by atoms with Gasteiger partial charge in [0, 0.05) is 29.0 Å². The summed E-state index contributed by atoms with van der Waals surface area (Å²) in [5, 5.41) is 3.34. The van der Waals surface area contributed by atoms with E-state index in [1.54, 1.807) is 60.7 Å². The van der Waals surface area contributed by atoms with Crippen LogP contribution in [0.1, 0.15) is 18.1 Å². The van der Waals surface area contributed by atoms with Gasteiger partial charge < -0.3 is 10.2 Å². The molecule has 4 aromatic carbocycles. The largest absolute Gasteiger partial charge is 0.355 e. The average molecular weight is 669 g/mol. The number of halogens is 2. The number of carbonyl (C=O) groups is 2. The van der Waals surface area contributed by atoms with Crippen LogP contribution in [0.3, 0.4) is 0 Å². The van der Waals surface area contributed by atoms with E-state index in [0.717, 1.165) is 14.3 Å². The Bertz CT molecular complexity index is 1600. The molecule has 0 aliphatic rings. The Morgan fingerprint density at radius 2 is 1.48 bits per heavy atom. The van der Waals surface area contributed by atoms with Crippen molar-refractivity contribution >= 4 is 55.1 Å². The highest BCUT2D eigenvalue weighted by Gasteiger charge is 2.34. The van der Waals surface area contributed by atoms with Crippen LogP contribution < -0.4 is 9.62 Å². The van der Waals surface area contributed by atoms with Crippen LogP contribution in [-0.2, 0) is 32.6 Å². The number of hydrogen-bond donors (Lipinski definition) is 1. The van der Waals surface area contributed by atoms with Crippen LogP contribution in [0.5, 0.6) is 0 Å². The van der Waals surface area contributed by atoms with Crippen LogP contribution >= 0.6 is 27.5 Å². The number of nitrogens with zero attached hydrogens (tertiary/aromatic N) is 2. The van der Waals surface area contributed by atoms with Gasteiger partial charge in [0.25, 0.3) is 10.0 Å². The molecule has 2 amide bonds. The molecule has 0 aliphatic heterocycles. The molecule has 10 heteroatoms. The minimum atomic E-state index is -4.14. The van der Waals surface area contributed by atoms with E-state index in [9.17, 15) is 18.0 Å². The Morgan fingerprint density at radius 1 is 0.857 bits per heavy atom. The number of likely N-dealkylation sites (N-methyl/N-ethyl adjacent to an activating group) is 1. The summed E-state index contributed by atoms with van der Waals surface area (Å²) in [5.74, 6) is -0.873. The lowest BCUT2D eigenvalue weighted by Crippen LogP contribution is -2.53. The van der Waals surface area contributed by atoms with Gasteiger partial charge in [-0.1, -0.05) is 88.2 Å². The molecule has 4 aromatic rings. The highest BCUT2D eigenvalue weighted by atomic mass is 79.9. The topological polar surface area (TPSA) is 86.8 Å². The Hall–Kier alpha value is -3.66. The van der Waals surface area contributed by atoms with E-state index in [2.05, 4.69) is 21.2 Å². The van der Waals surface area contributed by atoms with Crippen molar-refractivity contribution in [2.45, 2.75) is 30.8 Å². The van der Waals surface area contributed by atoms with Crippen molar-refractivity contribution in [2.75, 3.05) is 17.4 Å². The fourth-order valence-electron chi connectivity index (χ4n) is 4.53. The van der Waals surface area contributed by atoms with Crippen molar-refractivity contribution in [1.29, 1.82) is 0 Å². The molecule has 0 spiro atoms. The van der Waals surface area contributed by atoms with Crippen LogP contribution in [0, 0.1) is 0 Å². The van der Waals surface area contributed by atoms with Gasteiger partial charge in [-0.3, -0.25) is 13.9 Å². The van der Waals surface area contributed by atoms with E-state index in [4.69, 9.17) is 11.6 Å². The van der Waals surface area contributed by atoms with Crippen molar-refractivity contribution in [3.63, 3.8) is 0 Å². The van der Waals surface area contributed by atoms with Gasteiger partial charge in [0.05, 0.1) is 10.6 Å². The van der Waals surface area contributed by atoms with Gasteiger partial charge in [-0.05, 0) is 66.6 Å². The SMILES string of the molecule is CCNC(=O)[C@@H](Cc1ccccc1)N(Cc1cccc(Cl)c1)C(=O)CN(c1ccc(Br)cc1)S(=O)(=O)c1ccccc1. The third-order valence-corrected chi connectivity index (χ3v) is 9.14. The number of hydrogen-bond acceptors (Lipinski definition) is 4. The van der Waals surface area contributed by atoms with Gasteiger partial charge >= 0.3 is 0 Å². The predicted molar refractivity (Wildman–Crippen MR) is 170 cm³/mol. The third kappa shape index (κ3) is 8.00. The van der Waals surface area contributed by atoms with Crippen LogP contribution in [-0.4, -0.2) is 44.3 Å². The lowest BCUT2D eigenvalue weighted by molar-refractivity contribution is -0.140. The maximum Gasteiger partial charge on any atom is 0.264 e. The molecule has 0 fully saturated rings. The van der Waals surface area contributed by atoms with Crippen LogP contribution in [0.25, 0.3) is 0 Å². The van der Waals surface area contributed by atoms with Gasteiger partial charge in [0.2, 0.25) is 11.8 Å². The van der Waals surface area contributed by atoms with E-state index in [1.165, 1.54) is 17.0 Å². The van der Waals surface area contributed by atoms with Gasteiger partial charge in [-0.2, -0.15) is 0 Å². The van der Waals surface area contributed by atoms with Gasteiger partial charge in [-0.25, -0.2) is 8.42 Å². The molecule has 0 saturated heterocycles. The second-order valence-electron chi connectivity index (χ2n) is 9.55. The first-order valence-electron chi connectivity index (χ1n) is 13.4. The van der Waals surface area contributed by atoms with Crippen molar-refractivity contribution in [2.24, 2.45) is 0 Å². The quantitative estimate of drug-likeness (QED) is 0.199. The second-order valence-corrected chi connectivity index (χ2v) is 12.8. The molecule has 0 aromatic heterocycles. The number of sulfonamides is 1. The standard InChI is InChI=1S/C32H31BrClN3O4S/c1-2-35-32(39)30(21-24-10-5-3-6-11-24)36(22-25-12-9-13-27(34)20-25)31(38)23-37(28-18-16-26(33)17-19-28)42(40,41)29-14-7-4-8-15-29/h3-20,30H,2,21-23H2,1H3,(H,35,39)/t30-/m1/s1. The zero-order valence-electron chi connectivity index (χ0n) is 23.0. The van der Waals surface area contributed by atoms with E-state index >= 15 is 0 Å². The maximum atomic E-state index is 14.3. The van der Waals surface area contributed by atoms with E-state index < -0.39 is 28.5 Å². The normalized spacial score (nSPS) is 11.9. The summed E-state index contributed by atoms with van der Waals surface area (Å²) in [6, 6.07) is 30.2. The van der Waals surface area contributed by atoms with Crippen molar-refractivity contribution in [1.82, 2.24) is 10.2 Å². The molecule has 0 radical (unpaired) electrons. The summed E-state index contributed by atoms with van der Waals surface area (Å²) in [4.78, 5) is 29.3. The van der Waals surface area contributed by atoms with Gasteiger partial charge in [0.15, 0.2) is 0 Å². The molecule has 0 bridgehead atoms. The Kier molecular flexibility index (Phi) is 10.8. The number of carbonyl (C=O) groups excluding carboxylic acids is 2. The number of rotatable bonds is 12. The summed E-state index contributed by atoms with van der Waals surface area (Å²) in [6.07, 6.45) is 0.239. The van der Waals surface area contributed by atoms with Crippen LogP contribution in [0.4, 0.5) is 5.69 Å². The third-order valence-electron chi connectivity index (χ3n) is 6.59. The van der Waals surface area contributed by atoms with Crippen LogP contribution in [0.2, 0.25) is 5.02 Å². The summed E-state index contributed by atoms with van der Waals surface area (Å²) < 4.78 is 29.7. The molecule has 7 nitrogen and oxygen atoms in total. The van der Waals surface area contributed by atoms with Crippen molar-refractivity contribution < 1.29 is 18.0 Å². The molecule has 0 aliphatic carbocycles. The molecule has 1 N–H and O–H groups in total. The number of benzene rings is 4. The fourth-order valence-corrected chi connectivity index (χ4v) is 6.45. The zero-order valence-corrected chi connectivity index (χ0v) is 26.1. The average Bonchev–Trinajstić information content (AvgIpc) is 2.99. The van der Waals surface area contributed by atoms with E-state index in [0.29, 0.717) is 22.8 Å². The summed E-state index contributed by atoms with van der Waals surface area (Å²) in [6.45, 7) is 1.71. The molecule has 4 rings (SSSR count). The molecule has 0 saturated carbocycles. The van der Waals surface area contributed by atoms with Gasteiger partial charge in [-0.15, -0.1) is 0 Å². The van der Waals surface area contributed by atoms with Gasteiger partial charge in [0.1, 0.15) is 12.6 Å².